The second-order valence-electron chi connectivity index (χ2n) is 14.7. The van der Waals surface area contributed by atoms with Gasteiger partial charge < -0.3 is 9.13 Å². The van der Waals surface area contributed by atoms with E-state index in [1.54, 1.807) is 0 Å². The summed E-state index contributed by atoms with van der Waals surface area (Å²) in [6.45, 7) is 0. The first-order valence-corrected chi connectivity index (χ1v) is 19.4. The van der Waals surface area contributed by atoms with Crippen LogP contribution in [0.4, 0.5) is 0 Å². The Bertz CT molecular complexity index is 3050. The summed E-state index contributed by atoms with van der Waals surface area (Å²) in [6, 6.07) is 67.9. The van der Waals surface area contributed by atoms with E-state index >= 15 is 0 Å². The minimum absolute atomic E-state index is 0.941. The van der Waals surface area contributed by atoms with E-state index < -0.39 is 0 Å². The average Bonchev–Trinajstić information content (AvgIpc) is 3.80. The molecule has 7 aromatic carbocycles. The van der Waals surface area contributed by atoms with E-state index in [-0.39, 0.29) is 0 Å². The molecular formula is C53H37N3. The monoisotopic (exact) mass is 715 g/mol. The number of hydrogen-bond donors (Lipinski definition) is 0. The number of hydrogen-bond acceptors (Lipinski definition) is 1. The van der Waals surface area contributed by atoms with Gasteiger partial charge in [-0.25, -0.2) is 4.98 Å². The number of aryl methyl sites for hydroxylation is 1. The lowest BCUT2D eigenvalue weighted by Gasteiger charge is -2.14. The predicted molar refractivity (Wildman–Crippen MR) is 235 cm³/mol. The number of allylic oxidation sites excluding steroid dienone is 1. The van der Waals surface area contributed by atoms with Crippen molar-refractivity contribution >= 4 is 38.8 Å². The van der Waals surface area contributed by atoms with Gasteiger partial charge in [-0.15, -0.1) is 0 Å². The molecule has 10 aromatic rings. The third-order valence-corrected chi connectivity index (χ3v) is 11.4. The fourth-order valence-corrected chi connectivity index (χ4v) is 8.73. The Kier molecular flexibility index (Phi) is 7.63. The average molecular weight is 716 g/mol. The van der Waals surface area contributed by atoms with Gasteiger partial charge >= 0.3 is 0 Å². The Hall–Kier alpha value is -7.23. The first-order valence-electron chi connectivity index (χ1n) is 19.4. The number of fused-ring (bicyclic) bond motifs is 6. The van der Waals surface area contributed by atoms with Crippen molar-refractivity contribution in [3.8, 4) is 56.1 Å². The maximum Gasteiger partial charge on any atom is 0.0715 e. The summed E-state index contributed by atoms with van der Waals surface area (Å²) in [5, 5.41) is 3.87. The van der Waals surface area contributed by atoms with Crippen LogP contribution < -0.4 is 0 Å². The van der Waals surface area contributed by atoms with E-state index in [4.69, 9.17) is 4.98 Å². The first kappa shape index (κ1) is 32.2. The molecule has 1 aliphatic rings. The Labute approximate surface area is 326 Å². The SMILES string of the molecule is C1=Cc2c(c3ccccc3n2-c2ccc(-c3cc(-c4cccc(-c5ccccc5)c4)cc(-c4ccc(-n5c6ccccc6c6ccccc65)cc4)n3)cc2)CC1. The minimum atomic E-state index is 0.941. The summed E-state index contributed by atoms with van der Waals surface area (Å²) in [5.41, 5.74) is 17.4. The molecule has 0 saturated carbocycles. The van der Waals surface area contributed by atoms with Gasteiger partial charge in [-0.2, -0.15) is 0 Å². The van der Waals surface area contributed by atoms with Gasteiger partial charge in [0.15, 0.2) is 0 Å². The molecule has 0 fully saturated rings. The normalized spacial score (nSPS) is 12.4. The van der Waals surface area contributed by atoms with Crippen molar-refractivity contribution in [3.63, 3.8) is 0 Å². The molecule has 11 rings (SSSR count). The molecule has 0 saturated heterocycles. The fourth-order valence-electron chi connectivity index (χ4n) is 8.73. The zero-order valence-corrected chi connectivity index (χ0v) is 30.8. The lowest BCUT2D eigenvalue weighted by atomic mass is 9.96. The maximum absolute atomic E-state index is 5.36. The van der Waals surface area contributed by atoms with Crippen molar-refractivity contribution in [2.24, 2.45) is 0 Å². The Morgan fingerprint density at radius 1 is 0.375 bits per heavy atom. The minimum Gasteiger partial charge on any atom is -0.310 e. The van der Waals surface area contributed by atoms with Crippen molar-refractivity contribution in [3.05, 3.63) is 205 Å². The van der Waals surface area contributed by atoms with E-state index in [1.807, 2.05) is 0 Å². The summed E-state index contributed by atoms with van der Waals surface area (Å²) < 4.78 is 4.77. The van der Waals surface area contributed by atoms with Gasteiger partial charge in [0.2, 0.25) is 0 Å². The molecular weight excluding hydrogens is 679 g/mol. The standard InChI is InChI=1S/C53H37N3/c1-2-13-36(14-3-1)39-15-12-16-40(33-39)41-34-48(37-25-29-42(30-26-37)55-50-21-8-4-17-44(50)45-18-5-9-22-51(45)55)54-49(35-41)38-27-31-43(32-28-38)56-52-23-10-6-19-46(52)47-20-7-11-24-53(47)56/h1-6,8-19,21-35H,7,20H2. The van der Waals surface area contributed by atoms with Crippen LogP contribution in [0, 0.1) is 0 Å². The topological polar surface area (TPSA) is 22.8 Å². The number of pyridine rings is 1. The van der Waals surface area contributed by atoms with Crippen LogP contribution in [0.2, 0.25) is 0 Å². The van der Waals surface area contributed by atoms with Crippen molar-refractivity contribution in [2.45, 2.75) is 12.8 Å². The van der Waals surface area contributed by atoms with Crippen LogP contribution in [0.15, 0.2) is 194 Å². The number of para-hydroxylation sites is 3. The zero-order chi connectivity index (χ0) is 37.0. The molecule has 0 atom stereocenters. The van der Waals surface area contributed by atoms with Crippen molar-refractivity contribution in [1.29, 1.82) is 0 Å². The molecule has 0 unspecified atom stereocenters. The highest BCUT2D eigenvalue weighted by atomic mass is 15.0. The molecule has 1 aliphatic carbocycles. The summed E-state index contributed by atoms with van der Waals surface area (Å²) in [4.78, 5) is 5.36. The van der Waals surface area contributed by atoms with Crippen LogP contribution in [-0.4, -0.2) is 14.1 Å². The molecule has 56 heavy (non-hydrogen) atoms. The van der Waals surface area contributed by atoms with E-state index in [0.29, 0.717) is 0 Å². The van der Waals surface area contributed by atoms with E-state index in [2.05, 4.69) is 209 Å². The number of benzene rings is 7. The molecule has 0 amide bonds. The molecule has 264 valence electrons. The quantitative estimate of drug-likeness (QED) is 0.168. The zero-order valence-electron chi connectivity index (χ0n) is 30.8. The van der Waals surface area contributed by atoms with E-state index in [1.165, 1.54) is 55.1 Å². The summed E-state index contributed by atoms with van der Waals surface area (Å²) >= 11 is 0. The third-order valence-electron chi connectivity index (χ3n) is 11.4. The van der Waals surface area contributed by atoms with Gasteiger partial charge in [0.05, 0.1) is 27.9 Å². The van der Waals surface area contributed by atoms with E-state index in [9.17, 15) is 0 Å². The highest BCUT2D eigenvalue weighted by molar-refractivity contribution is 6.09. The van der Waals surface area contributed by atoms with Gasteiger partial charge in [0, 0.05) is 44.4 Å². The first-order chi connectivity index (χ1) is 27.8. The highest BCUT2D eigenvalue weighted by Gasteiger charge is 2.19. The molecule has 3 aromatic heterocycles. The van der Waals surface area contributed by atoms with Crippen molar-refractivity contribution < 1.29 is 0 Å². The largest absolute Gasteiger partial charge is 0.310 e. The van der Waals surface area contributed by atoms with E-state index in [0.717, 1.165) is 57.9 Å². The lowest BCUT2D eigenvalue weighted by Crippen LogP contribution is -2.00. The van der Waals surface area contributed by atoms with Gasteiger partial charge in [-0.05, 0) is 107 Å². The summed E-state index contributed by atoms with van der Waals surface area (Å²) in [6.07, 6.45) is 6.74. The second kappa shape index (κ2) is 13.3. The number of rotatable bonds is 6. The molecule has 0 spiro atoms. The van der Waals surface area contributed by atoms with Crippen LogP contribution in [0.5, 0.6) is 0 Å². The van der Waals surface area contributed by atoms with Crippen LogP contribution in [0.3, 0.4) is 0 Å². The molecule has 3 heteroatoms. The lowest BCUT2D eigenvalue weighted by molar-refractivity contribution is 0.967. The fraction of sp³-hybridized carbons (Fsp3) is 0.0377. The van der Waals surface area contributed by atoms with Gasteiger partial charge in [0.25, 0.3) is 0 Å². The Morgan fingerprint density at radius 3 is 1.50 bits per heavy atom. The molecule has 0 radical (unpaired) electrons. The second-order valence-corrected chi connectivity index (χ2v) is 14.7. The number of nitrogens with zero attached hydrogens (tertiary/aromatic N) is 3. The highest BCUT2D eigenvalue weighted by Crippen LogP contribution is 2.37. The molecule has 3 heterocycles. The molecule has 0 aliphatic heterocycles. The smallest absolute Gasteiger partial charge is 0.0715 e. The molecule has 0 bridgehead atoms. The van der Waals surface area contributed by atoms with Gasteiger partial charge in [-0.1, -0.05) is 133 Å². The van der Waals surface area contributed by atoms with Crippen molar-refractivity contribution in [1.82, 2.24) is 14.1 Å². The predicted octanol–water partition coefficient (Wildman–Crippen LogP) is 13.7. The summed E-state index contributed by atoms with van der Waals surface area (Å²) in [7, 11) is 0. The van der Waals surface area contributed by atoms with Crippen LogP contribution in [0.1, 0.15) is 17.7 Å². The third kappa shape index (κ3) is 5.39. The Balaban J connectivity index is 1.03. The Morgan fingerprint density at radius 2 is 0.875 bits per heavy atom. The van der Waals surface area contributed by atoms with Crippen molar-refractivity contribution in [2.75, 3.05) is 0 Å². The molecule has 3 nitrogen and oxygen atoms in total. The van der Waals surface area contributed by atoms with Gasteiger partial charge in [-0.3, -0.25) is 0 Å². The van der Waals surface area contributed by atoms with Crippen LogP contribution >= 0.6 is 0 Å². The van der Waals surface area contributed by atoms with Gasteiger partial charge in [0.1, 0.15) is 0 Å². The van der Waals surface area contributed by atoms with Crippen LogP contribution in [-0.2, 0) is 6.42 Å². The van der Waals surface area contributed by atoms with Crippen LogP contribution in [0.25, 0.3) is 94.9 Å². The molecule has 0 N–H and O–H groups in total. The summed E-state index contributed by atoms with van der Waals surface area (Å²) in [5.74, 6) is 0. The number of aromatic nitrogens is 3. The maximum atomic E-state index is 5.36.